The summed E-state index contributed by atoms with van der Waals surface area (Å²) in [6, 6.07) is 7.61. The van der Waals surface area contributed by atoms with Crippen LogP contribution in [-0.4, -0.2) is 44.3 Å². The van der Waals surface area contributed by atoms with Gasteiger partial charge in [0.1, 0.15) is 12.3 Å². The molecule has 10 heteroatoms. The lowest BCUT2D eigenvalue weighted by atomic mass is 10.1. The molecular formula is C19H22N6O3S. The smallest absolute Gasteiger partial charge is 0.243 e. The molecule has 1 aromatic carbocycles. The number of carbonyl (C=O) groups is 2. The van der Waals surface area contributed by atoms with E-state index in [2.05, 4.69) is 26.2 Å². The second-order valence-corrected chi connectivity index (χ2v) is 7.53. The molecular weight excluding hydrogens is 392 g/mol. The number of amides is 2. The Morgan fingerprint density at radius 1 is 1.17 bits per heavy atom. The van der Waals surface area contributed by atoms with E-state index in [1.165, 1.54) is 11.8 Å². The van der Waals surface area contributed by atoms with Crippen molar-refractivity contribution in [2.75, 3.05) is 17.6 Å². The maximum Gasteiger partial charge on any atom is 0.243 e. The summed E-state index contributed by atoms with van der Waals surface area (Å²) in [5.41, 5.74) is 3.89. The summed E-state index contributed by atoms with van der Waals surface area (Å²) in [6.45, 7) is 6.16. The Kier molecular flexibility index (Phi) is 6.65. The predicted molar refractivity (Wildman–Crippen MR) is 109 cm³/mol. The van der Waals surface area contributed by atoms with E-state index in [0.29, 0.717) is 17.5 Å². The second kappa shape index (κ2) is 9.37. The number of tetrazole rings is 1. The first-order chi connectivity index (χ1) is 13.9. The monoisotopic (exact) mass is 414 g/mol. The molecule has 2 heterocycles. The summed E-state index contributed by atoms with van der Waals surface area (Å²) in [6.07, 6.45) is 1.57. The largest absolute Gasteiger partial charge is 0.467 e. The van der Waals surface area contributed by atoms with E-state index in [1.807, 2.05) is 39.0 Å². The van der Waals surface area contributed by atoms with E-state index in [9.17, 15) is 9.59 Å². The fourth-order valence-corrected chi connectivity index (χ4v) is 3.58. The zero-order valence-corrected chi connectivity index (χ0v) is 17.2. The summed E-state index contributed by atoms with van der Waals surface area (Å²) in [5.74, 6) is 0.243. The minimum absolute atomic E-state index is 0.0917. The van der Waals surface area contributed by atoms with Crippen molar-refractivity contribution in [3.05, 3.63) is 53.0 Å². The molecule has 0 unspecified atom stereocenters. The van der Waals surface area contributed by atoms with Crippen molar-refractivity contribution < 1.29 is 14.0 Å². The molecule has 0 bridgehead atoms. The number of aromatic nitrogens is 4. The zero-order valence-electron chi connectivity index (χ0n) is 16.4. The summed E-state index contributed by atoms with van der Waals surface area (Å²) in [4.78, 5) is 24.3. The molecule has 2 N–H and O–H groups in total. The molecule has 0 saturated heterocycles. The normalized spacial score (nSPS) is 10.7. The quantitative estimate of drug-likeness (QED) is 0.542. The van der Waals surface area contributed by atoms with Crippen LogP contribution >= 0.6 is 11.8 Å². The Morgan fingerprint density at radius 2 is 1.93 bits per heavy atom. The summed E-state index contributed by atoms with van der Waals surface area (Å²) in [7, 11) is 0. The molecule has 0 saturated carbocycles. The van der Waals surface area contributed by atoms with E-state index in [1.54, 1.807) is 17.0 Å². The van der Waals surface area contributed by atoms with Crippen LogP contribution in [0, 0.1) is 20.8 Å². The SMILES string of the molecule is Cc1cc(C)c(NC(=O)CNC(=O)CSc2nnnn2Cc2ccco2)c(C)c1. The van der Waals surface area contributed by atoms with Gasteiger partial charge in [0, 0.05) is 5.69 Å². The number of benzene rings is 1. The van der Waals surface area contributed by atoms with Gasteiger partial charge in [-0.2, -0.15) is 0 Å². The van der Waals surface area contributed by atoms with Gasteiger partial charge in [0.25, 0.3) is 0 Å². The summed E-state index contributed by atoms with van der Waals surface area (Å²) >= 11 is 1.19. The van der Waals surface area contributed by atoms with Gasteiger partial charge in [0.2, 0.25) is 17.0 Å². The van der Waals surface area contributed by atoms with Crippen LogP contribution in [-0.2, 0) is 16.1 Å². The molecule has 3 rings (SSSR count). The Bertz CT molecular complexity index is 976. The number of hydrogen-bond donors (Lipinski definition) is 2. The summed E-state index contributed by atoms with van der Waals surface area (Å²) < 4.78 is 6.82. The Labute approximate surface area is 172 Å². The van der Waals surface area contributed by atoms with Gasteiger partial charge in [0.05, 0.1) is 18.6 Å². The zero-order chi connectivity index (χ0) is 20.8. The van der Waals surface area contributed by atoms with E-state index >= 15 is 0 Å². The average Bonchev–Trinajstić information content (AvgIpc) is 3.33. The average molecular weight is 414 g/mol. The van der Waals surface area contributed by atoms with Crippen molar-refractivity contribution in [3.8, 4) is 0 Å². The number of hydrogen-bond acceptors (Lipinski definition) is 7. The van der Waals surface area contributed by atoms with Crippen molar-refractivity contribution in [2.24, 2.45) is 0 Å². The molecule has 2 amide bonds. The number of nitrogens with one attached hydrogen (secondary N) is 2. The lowest BCUT2D eigenvalue weighted by Gasteiger charge is -2.13. The number of carbonyl (C=O) groups excluding carboxylic acids is 2. The van der Waals surface area contributed by atoms with Crippen LogP contribution < -0.4 is 10.6 Å². The van der Waals surface area contributed by atoms with Gasteiger partial charge in [0.15, 0.2) is 0 Å². The standard InChI is InChI=1S/C19H22N6O3S/c1-12-7-13(2)18(14(3)8-12)21-16(26)9-20-17(27)11-29-19-22-23-24-25(19)10-15-5-4-6-28-15/h4-8H,9-11H2,1-3H3,(H,20,27)(H,21,26). The van der Waals surface area contributed by atoms with Crippen LogP contribution in [0.3, 0.4) is 0 Å². The third-order valence-corrected chi connectivity index (χ3v) is 5.06. The van der Waals surface area contributed by atoms with Gasteiger partial charge in [-0.15, -0.1) is 5.10 Å². The fourth-order valence-electron chi connectivity index (χ4n) is 2.87. The minimum Gasteiger partial charge on any atom is -0.467 e. The highest BCUT2D eigenvalue weighted by Gasteiger charge is 2.13. The highest BCUT2D eigenvalue weighted by Crippen LogP contribution is 2.21. The van der Waals surface area contributed by atoms with Crippen molar-refractivity contribution in [2.45, 2.75) is 32.5 Å². The molecule has 0 atom stereocenters. The number of anilines is 1. The molecule has 0 aliphatic rings. The van der Waals surface area contributed by atoms with Crippen LogP contribution in [0.5, 0.6) is 0 Å². The van der Waals surface area contributed by atoms with Crippen molar-refractivity contribution >= 4 is 29.3 Å². The Hall–Kier alpha value is -3.14. The number of furan rings is 1. The van der Waals surface area contributed by atoms with E-state index in [-0.39, 0.29) is 24.1 Å². The van der Waals surface area contributed by atoms with Gasteiger partial charge >= 0.3 is 0 Å². The third-order valence-electron chi connectivity index (χ3n) is 4.10. The molecule has 0 radical (unpaired) electrons. The molecule has 0 aliphatic carbocycles. The number of nitrogens with zero attached hydrogens (tertiary/aromatic N) is 4. The van der Waals surface area contributed by atoms with E-state index in [0.717, 1.165) is 22.4 Å². The molecule has 3 aromatic rings. The lowest BCUT2D eigenvalue weighted by molar-refractivity contribution is -0.122. The maximum atomic E-state index is 12.2. The molecule has 152 valence electrons. The Morgan fingerprint density at radius 3 is 2.62 bits per heavy atom. The highest BCUT2D eigenvalue weighted by atomic mass is 32.2. The summed E-state index contributed by atoms with van der Waals surface area (Å²) in [5, 5.41) is 17.4. The van der Waals surface area contributed by atoms with Crippen LogP contribution in [0.2, 0.25) is 0 Å². The minimum atomic E-state index is -0.282. The molecule has 0 fully saturated rings. The topological polar surface area (TPSA) is 115 Å². The molecule has 29 heavy (non-hydrogen) atoms. The highest BCUT2D eigenvalue weighted by molar-refractivity contribution is 7.99. The van der Waals surface area contributed by atoms with Crippen LogP contribution in [0.25, 0.3) is 0 Å². The van der Waals surface area contributed by atoms with Crippen molar-refractivity contribution in [1.29, 1.82) is 0 Å². The van der Waals surface area contributed by atoms with Gasteiger partial charge < -0.3 is 15.1 Å². The number of rotatable bonds is 8. The lowest BCUT2D eigenvalue weighted by Crippen LogP contribution is -2.34. The van der Waals surface area contributed by atoms with E-state index < -0.39 is 0 Å². The molecule has 2 aromatic heterocycles. The molecule has 0 aliphatic heterocycles. The van der Waals surface area contributed by atoms with Gasteiger partial charge in [-0.3, -0.25) is 9.59 Å². The third kappa shape index (κ3) is 5.67. The van der Waals surface area contributed by atoms with Crippen LogP contribution in [0.4, 0.5) is 5.69 Å². The predicted octanol–water partition coefficient (Wildman–Crippen LogP) is 2.09. The fraction of sp³-hybridized carbons (Fsp3) is 0.316. The first-order valence-corrected chi connectivity index (χ1v) is 9.96. The van der Waals surface area contributed by atoms with Crippen LogP contribution in [0.1, 0.15) is 22.5 Å². The second-order valence-electron chi connectivity index (χ2n) is 6.59. The molecule has 9 nitrogen and oxygen atoms in total. The van der Waals surface area contributed by atoms with Crippen molar-refractivity contribution in [1.82, 2.24) is 25.5 Å². The first-order valence-electron chi connectivity index (χ1n) is 8.98. The number of thioether (sulfide) groups is 1. The number of aryl methyl sites for hydroxylation is 3. The van der Waals surface area contributed by atoms with Crippen molar-refractivity contribution in [3.63, 3.8) is 0 Å². The van der Waals surface area contributed by atoms with Gasteiger partial charge in [-0.1, -0.05) is 29.5 Å². The van der Waals surface area contributed by atoms with Gasteiger partial charge in [-0.25, -0.2) is 4.68 Å². The van der Waals surface area contributed by atoms with Crippen LogP contribution in [0.15, 0.2) is 40.1 Å². The maximum absolute atomic E-state index is 12.2. The molecule has 0 spiro atoms. The first kappa shape index (κ1) is 20.6. The van der Waals surface area contributed by atoms with Gasteiger partial charge in [-0.05, 0) is 54.5 Å². The van der Waals surface area contributed by atoms with E-state index in [4.69, 9.17) is 4.42 Å². The Balaban J connectivity index is 1.46.